The molecule has 0 aromatic carbocycles. The summed E-state index contributed by atoms with van der Waals surface area (Å²) in [6, 6.07) is 3.60. The summed E-state index contributed by atoms with van der Waals surface area (Å²) in [4.78, 5) is 18.7. The van der Waals surface area contributed by atoms with Crippen molar-refractivity contribution in [3.8, 4) is 0 Å². The number of carbonyl (C=O) groups excluding carboxylic acids is 1. The number of pyridine rings is 1. The van der Waals surface area contributed by atoms with Crippen LogP contribution in [0.25, 0.3) is 0 Å². The van der Waals surface area contributed by atoms with Crippen LogP contribution < -0.4 is 21.3 Å². The first-order chi connectivity index (χ1) is 12.1. The maximum Gasteiger partial charge on any atom is 0.270 e. The fourth-order valence-electron chi connectivity index (χ4n) is 3.51. The van der Waals surface area contributed by atoms with E-state index in [1.165, 1.54) is 0 Å². The van der Waals surface area contributed by atoms with Crippen LogP contribution in [0.5, 0.6) is 0 Å². The number of nitrogens with zero attached hydrogens (tertiary/aromatic N) is 2. The average Bonchev–Trinajstić information content (AvgIpc) is 3.10. The summed E-state index contributed by atoms with van der Waals surface area (Å²) in [5, 5.41) is 23.7. The molecule has 3 heterocycles. The molecule has 1 aromatic rings. The van der Waals surface area contributed by atoms with Crippen molar-refractivity contribution in [2.24, 2.45) is 0 Å². The van der Waals surface area contributed by atoms with E-state index in [9.17, 15) is 9.90 Å². The first-order valence-corrected chi connectivity index (χ1v) is 8.84. The van der Waals surface area contributed by atoms with Crippen LogP contribution in [0.3, 0.4) is 0 Å². The van der Waals surface area contributed by atoms with Crippen LogP contribution in [0.1, 0.15) is 31.2 Å². The van der Waals surface area contributed by atoms with E-state index < -0.39 is 5.91 Å². The predicted molar refractivity (Wildman–Crippen MR) is 97.0 cm³/mol. The van der Waals surface area contributed by atoms with Gasteiger partial charge in [-0.3, -0.25) is 10.2 Å². The van der Waals surface area contributed by atoms with Crippen molar-refractivity contribution in [3.05, 3.63) is 17.7 Å². The van der Waals surface area contributed by atoms with E-state index in [-0.39, 0.29) is 30.2 Å². The summed E-state index contributed by atoms with van der Waals surface area (Å²) < 4.78 is 0. The molecule has 2 aliphatic heterocycles. The van der Waals surface area contributed by atoms with E-state index >= 15 is 0 Å². The second kappa shape index (κ2) is 7.79. The Bertz CT molecular complexity index is 644. The van der Waals surface area contributed by atoms with Crippen LogP contribution in [0, 0.1) is 5.41 Å². The highest BCUT2D eigenvalue weighted by molar-refractivity contribution is 6.45. The van der Waals surface area contributed by atoms with E-state index in [2.05, 4.69) is 15.6 Å². The van der Waals surface area contributed by atoms with Crippen LogP contribution in [0.15, 0.2) is 12.1 Å². The summed E-state index contributed by atoms with van der Waals surface area (Å²) >= 11 is 0. The summed E-state index contributed by atoms with van der Waals surface area (Å²) in [6.45, 7) is 2.65. The number of nitrogens with two attached hydrogens (primary N) is 1. The number of aromatic nitrogens is 1. The van der Waals surface area contributed by atoms with Crippen molar-refractivity contribution in [2.45, 2.75) is 37.8 Å². The molecular formula is C17H26N6O2. The third-order valence-corrected chi connectivity index (χ3v) is 4.96. The molecule has 0 radical (unpaired) electrons. The number of nitrogen functional groups attached to an aromatic ring is 1. The van der Waals surface area contributed by atoms with E-state index in [1.807, 2.05) is 4.90 Å². The number of anilines is 2. The van der Waals surface area contributed by atoms with Crippen molar-refractivity contribution in [3.63, 3.8) is 0 Å². The van der Waals surface area contributed by atoms with E-state index in [0.717, 1.165) is 45.3 Å². The van der Waals surface area contributed by atoms with Gasteiger partial charge in [0, 0.05) is 18.2 Å². The zero-order chi connectivity index (χ0) is 17.8. The zero-order valence-electron chi connectivity index (χ0n) is 14.3. The third kappa shape index (κ3) is 3.91. The van der Waals surface area contributed by atoms with E-state index in [0.29, 0.717) is 11.4 Å². The Morgan fingerprint density at radius 1 is 1.40 bits per heavy atom. The van der Waals surface area contributed by atoms with Crippen LogP contribution in [-0.2, 0) is 4.79 Å². The number of carbonyl (C=O) groups is 1. The largest absolute Gasteiger partial charge is 0.394 e. The molecule has 1 atom stereocenters. The average molecular weight is 346 g/mol. The lowest BCUT2D eigenvalue weighted by Gasteiger charge is -2.25. The minimum Gasteiger partial charge on any atom is -0.394 e. The molecule has 0 aliphatic carbocycles. The minimum atomic E-state index is -0.414. The molecule has 2 saturated heterocycles. The van der Waals surface area contributed by atoms with Gasteiger partial charge in [-0.25, -0.2) is 4.98 Å². The molecule has 0 bridgehead atoms. The topological polar surface area (TPSA) is 127 Å². The molecule has 1 aromatic heterocycles. The first kappa shape index (κ1) is 17.6. The van der Waals surface area contributed by atoms with Crippen LogP contribution in [-0.4, -0.2) is 60.0 Å². The van der Waals surface area contributed by atoms with Gasteiger partial charge in [0.15, 0.2) is 0 Å². The highest BCUT2D eigenvalue weighted by Gasteiger charge is 2.26. The number of aliphatic hydroxyl groups excluding tert-OH is 1. The van der Waals surface area contributed by atoms with Gasteiger partial charge in [0.2, 0.25) is 0 Å². The van der Waals surface area contributed by atoms with Gasteiger partial charge in [0.1, 0.15) is 17.3 Å². The molecule has 3 rings (SSSR count). The van der Waals surface area contributed by atoms with Gasteiger partial charge in [-0.2, -0.15) is 0 Å². The van der Waals surface area contributed by atoms with Crippen molar-refractivity contribution in [1.82, 2.24) is 15.6 Å². The Labute approximate surface area is 147 Å². The molecule has 2 aliphatic rings. The van der Waals surface area contributed by atoms with Crippen LogP contribution in [0.2, 0.25) is 0 Å². The summed E-state index contributed by atoms with van der Waals surface area (Å²) in [6.07, 6.45) is 3.66. The highest BCUT2D eigenvalue weighted by atomic mass is 16.3. The second-order valence-electron chi connectivity index (χ2n) is 6.65. The van der Waals surface area contributed by atoms with Gasteiger partial charge < -0.3 is 26.4 Å². The molecule has 8 nitrogen and oxygen atoms in total. The van der Waals surface area contributed by atoms with Crippen LogP contribution >= 0.6 is 0 Å². The quantitative estimate of drug-likeness (QED) is 0.472. The van der Waals surface area contributed by atoms with Gasteiger partial charge in [-0.05, 0) is 50.9 Å². The molecule has 0 spiro atoms. The lowest BCUT2D eigenvalue weighted by atomic mass is 10.1. The third-order valence-electron chi connectivity index (χ3n) is 4.96. The highest BCUT2D eigenvalue weighted by Crippen LogP contribution is 2.25. The lowest BCUT2D eigenvalue weighted by Crippen LogP contribution is -2.45. The number of aliphatic hydroxyl groups is 1. The number of amides is 1. The van der Waals surface area contributed by atoms with Crippen molar-refractivity contribution < 1.29 is 9.90 Å². The molecule has 8 heteroatoms. The Kier molecular flexibility index (Phi) is 5.50. The second-order valence-corrected chi connectivity index (χ2v) is 6.65. The molecule has 136 valence electrons. The zero-order valence-corrected chi connectivity index (χ0v) is 14.3. The Morgan fingerprint density at radius 3 is 2.84 bits per heavy atom. The van der Waals surface area contributed by atoms with Crippen LogP contribution in [0.4, 0.5) is 11.6 Å². The maximum atomic E-state index is 12.3. The monoisotopic (exact) mass is 346 g/mol. The van der Waals surface area contributed by atoms with E-state index in [1.54, 1.807) is 12.1 Å². The van der Waals surface area contributed by atoms with Gasteiger partial charge in [0.25, 0.3) is 5.91 Å². The molecule has 25 heavy (non-hydrogen) atoms. The Morgan fingerprint density at radius 2 is 2.16 bits per heavy atom. The first-order valence-electron chi connectivity index (χ1n) is 8.84. The number of rotatable bonds is 5. The molecule has 1 amide bonds. The smallest absolute Gasteiger partial charge is 0.270 e. The Hall–Kier alpha value is -2.19. The number of nitrogens with one attached hydrogen (secondary N) is 3. The molecule has 1 unspecified atom stereocenters. The van der Waals surface area contributed by atoms with E-state index in [4.69, 9.17) is 11.1 Å². The van der Waals surface area contributed by atoms with Crippen molar-refractivity contribution >= 4 is 23.3 Å². The van der Waals surface area contributed by atoms with Gasteiger partial charge >= 0.3 is 0 Å². The van der Waals surface area contributed by atoms with Gasteiger partial charge in [0.05, 0.1) is 12.6 Å². The van der Waals surface area contributed by atoms with Crippen molar-refractivity contribution in [2.75, 3.05) is 36.9 Å². The lowest BCUT2D eigenvalue weighted by molar-refractivity contribution is -0.115. The summed E-state index contributed by atoms with van der Waals surface area (Å²) in [5.74, 6) is 0.443. The minimum absolute atomic E-state index is 0.0559. The number of piperidine rings is 1. The number of hydrogen-bond donors (Lipinski definition) is 5. The van der Waals surface area contributed by atoms with Gasteiger partial charge in [-0.1, -0.05) is 0 Å². The van der Waals surface area contributed by atoms with Crippen molar-refractivity contribution in [1.29, 1.82) is 5.41 Å². The van der Waals surface area contributed by atoms with Gasteiger partial charge in [-0.15, -0.1) is 0 Å². The predicted octanol–water partition coefficient (Wildman–Crippen LogP) is -0.139. The Balaban J connectivity index is 1.69. The fourth-order valence-corrected chi connectivity index (χ4v) is 3.51. The molecule has 2 fully saturated rings. The standard InChI is InChI=1S/C17H26N6O2/c18-15(17(25)21-11-5-7-20-8-6-11)13-3-4-14(22-16(13)19)23-9-1-2-12(23)10-24/h3-4,11-12,18,20,24H,1-2,5-10H2,(H2,19,22)(H,21,25). The molecule has 0 saturated carbocycles. The summed E-state index contributed by atoms with van der Waals surface area (Å²) in [5.41, 5.74) is 6.20. The normalized spacial score (nSPS) is 21.3. The maximum absolute atomic E-state index is 12.3. The molecule has 6 N–H and O–H groups in total. The SMILES string of the molecule is N=C(C(=O)NC1CCNCC1)c1ccc(N2CCCC2CO)nc1N. The molecular weight excluding hydrogens is 320 g/mol. The summed E-state index contributed by atoms with van der Waals surface area (Å²) in [7, 11) is 0. The fraction of sp³-hybridized carbons (Fsp3) is 0.588. The number of hydrogen-bond acceptors (Lipinski definition) is 7.